The molecule has 0 radical (unpaired) electrons. The molecule has 1 aliphatic rings. The van der Waals surface area contributed by atoms with Gasteiger partial charge in [-0.3, -0.25) is 0 Å². The second-order valence-electron chi connectivity index (χ2n) is 5.07. The maximum absolute atomic E-state index is 12.3. The molecule has 1 heterocycles. The van der Waals surface area contributed by atoms with E-state index in [9.17, 15) is 8.42 Å². The van der Waals surface area contributed by atoms with Crippen molar-refractivity contribution in [2.24, 2.45) is 5.92 Å². The van der Waals surface area contributed by atoms with Crippen molar-refractivity contribution in [2.45, 2.75) is 11.3 Å². The molecule has 0 aromatic heterocycles. The van der Waals surface area contributed by atoms with Gasteiger partial charge in [-0.25, -0.2) is 13.1 Å². The van der Waals surface area contributed by atoms with Crippen molar-refractivity contribution >= 4 is 38.9 Å². The Labute approximate surface area is 129 Å². The van der Waals surface area contributed by atoms with Crippen molar-refractivity contribution < 1.29 is 8.42 Å². The summed E-state index contributed by atoms with van der Waals surface area (Å²) in [4.78, 5) is 2.07. The van der Waals surface area contributed by atoms with Gasteiger partial charge >= 0.3 is 0 Å². The van der Waals surface area contributed by atoms with E-state index in [1.165, 1.54) is 12.1 Å². The molecule has 1 aliphatic heterocycles. The molecular formula is C12H17Cl2N3O2S. The fourth-order valence-corrected chi connectivity index (χ4v) is 4.45. The number of halogens is 2. The van der Waals surface area contributed by atoms with Gasteiger partial charge in [0.15, 0.2) is 0 Å². The topological polar surface area (TPSA) is 75.4 Å². The molecule has 2 rings (SSSR count). The molecule has 1 saturated heterocycles. The van der Waals surface area contributed by atoms with Crippen LogP contribution in [0.2, 0.25) is 10.0 Å². The van der Waals surface area contributed by atoms with Crippen LogP contribution in [0.25, 0.3) is 0 Å². The van der Waals surface area contributed by atoms with Gasteiger partial charge in [-0.1, -0.05) is 23.2 Å². The zero-order valence-corrected chi connectivity index (χ0v) is 13.4. The lowest BCUT2D eigenvalue weighted by Gasteiger charge is -2.14. The van der Waals surface area contributed by atoms with Gasteiger partial charge in [-0.15, -0.1) is 0 Å². The smallest absolute Gasteiger partial charge is 0.244 e. The average molecular weight is 338 g/mol. The lowest BCUT2D eigenvalue weighted by molar-refractivity contribution is 0.394. The molecule has 0 bridgehead atoms. The first-order chi connectivity index (χ1) is 9.29. The second kappa shape index (κ2) is 6.07. The Bertz CT molecular complexity index is 584. The summed E-state index contributed by atoms with van der Waals surface area (Å²) >= 11 is 11.7. The van der Waals surface area contributed by atoms with Gasteiger partial charge in [0.1, 0.15) is 4.90 Å². The van der Waals surface area contributed by atoms with E-state index in [1.54, 1.807) is 0 Å². The highest BCUT2D eigenvalue weighted by molar-refractivity contribution is 7.89. The number of nitrogens with zero attached hydrogens (tertiary/aromatic N) is 1. The number of hydrogen-bond acceptors (Lipinski definition) is 4. The van der Waals surface area contributed by atoms with Crippen molar-refractivity contribution in [3.05, 3.63) is 22.2 Å². The van der Waals surface area contributed by atoms with Gasteiger partial charge in [-0.05, 0) is 38.1 Å². The van der Waals surface area contributed by atoms with E-state index in [2.05, 4.69) is 9.62 Å². The maximum Gasteiger partial charge on any atom is 0.244 e. The Morgan fingerprint density at radius 3 is 2.70 bits per heavy atom. The molecule has 0 aliphatic carbocycles. The second-order valence-corrected chi connectivity index (χ2v) is 7.62. The predicted octanol–water partition coefficient (Wildman–Crippen LogP) is 1.81. The van der Waals surface area contributed by atoms with E-state index in [4.69, 9.17) is 28.9 Å². The van der Waals surface area contributed by atoms with Crippen LogP contribution < -0.4 is 10.5 Å². The number of nitrogens with two attached hydrogens (primary N) is 1. The van der Waals surface area contributed by atoms with Crippen molar-refractivity contribution in [3.8, 4) is 0 Å². The van der Waals surface area contributed by atoms with Gasteiger partial charge in [0.25, 0.3) is 0 Å². The molecule has 0 spiro atoms. The van der Waals surface area contributed by atoms with Gasteiger partial charge in [0.05, 0.1) is 10.7 Å². The molecule has 8 heteroatoms. The lowest BCUT2D eigenvalue weighted by atomic mass is 10.1. The highest BCUT2D eigenvalue weighted by atomic mass is 35.5. The summed E-state index contributed by atoms with van der Waals surface area (Å²) in [7, 11) is -1.71. The molecule has 5 nitrogen and oxygen atoms in total. The summed E-state index contributed by atoms with van der Waals surface area (Å²) in [6, 6.07) is 2.75. The van der Waals surface area contributed by atoms with Crippen LogP contribution in [-0.4, -0.2) is 40.0 Å². The molecule has 1 aromatic rings. The summed E-state index contributed by atoms with van der Waals surface area (Å²) in [5.74, 6) is 0.307. The minimum Gasteiger partial charge on any atom is -0.398 e. The van der Waals surface area contributed by atoms with Crippen LogP contribution in [0, 0.1) is 5.92 Å². The van der Waals surface area contributed by atoms with E-state index in [1.807, 2.05) is 7.05 Å². The van der Waals surface area contributed by atoms with E-state index in [-0.39, 0.29) is 15.6 Å². The standard InChI is InChI=1S/C12H17Cl2N3O2S/c1-17-3-2-8(7-17)6-16-20(18,19)12-10(14)4-9(13)5-11(12)15/h4-5,8,16H,2-3,6-7,15H2,1H3. The zero-order valence-electron chi connectivity index (χ0n) is 11.1. The molecule has 1 aromatic carbocycles. The van der Waals surface area contributed by atoms with Gasteiger partial charge in [0.2, 0.25) is 10.0 Å². The van der Waals surface area contributed by atoms with E-state index >= 15 is 0 Å². The van der Waals surface area contributed by atoms with Crippen LogP contribution in [-0.2, 0) is 10.0 Å². The molecule has 0 saturated carbocycles. The van der Waals surface area contributed by atoms with Crippen LogP contribution in [0.3, 0.4) is 0 Å². The lowest BCUT2D eigenvalue weighted by Crippen LogP contribution is -2.31. The number of benzene rings is 1. The SMILES string of the molecule is CN1CCC(CNS(=O)(=O)c2c(N)cc(Cl)cc2Cl)C1. The first-order valence-corrected chi connectivity index (χ1v) is 8.46. The maximum atomic E-state index is 12.3. The van der Waals surface area contributed by atoms with E-state index < -0.39 is 10.0 Å². The van der Waals surface area contributed by atoms with E-state index in [0.717, 1.165) is 19.5 Å². The van der Waals surface area contributed by atoms with Gasteiger partial charge < -0.3 is 10.6 Å². The summed E-state index contributed by atoms with van der Waals surface area (Å²) in [5.41, 5.74) is 5.77. The minimum atomic E-state index is -3.73. The number of anilines is 1. The number of hydrogen-bond donors (Lipinski definition) is 2. The Kier molecular flexibility index (Phi) is 4.81. The molecule has 3 N–H and O–H groups in total. The first-order valence-electron chi connectivity index (χ1n) is 6.22. The molecule has 20 heavy (non-hydrogen) atoms. The summed E-state index contributed by atoms with van der Waals surface area (Å²) in [5, 5.41) is 0.343. The van der Waals surface area contributed by atoms with Crippen LogP contribution in [0.1, 0.15) is 6.42 Å². The molecule has 112 valence electrons. The van der Waals surface area contributed by atoms with Crippen molar-refractivity contribution in [3.63, 3.8) is 0 Å². The summed E-state index contributed by atoms with van der Waals surface area (Å²) in [6.45, 7) is 2.24. The summed E-state index contributed by atoms with van der Waals surface area (Å²) < 4.78 is 27.2. The van der Waals surface area contributed by atoms with Crippen molar-refractivity contribution in [1.82, 2.24) is 9.62 Å². The monoisotopic (exact) mass is 337 g/mol. The Balaban J connectivity index is 2.15. The van der Waals surface area contributed by atoms with Crippen LogP contribution in [0.15, 0.2) is 17.0 Å². The Hall–Kier alpha value is -0.530. The third-order valence-electron chi connectivity index (χ3n) is 3.36. The summed E-state index contributed by atoms with van der Waals surface area (Å²) in [6.07, 6.45) is 0.975. The number of nitrogen functional groups attached to an aromatic ring is 1. The van der Waals surface area contributed by atoms with Gasteiger partial charge in [0, 0.05) is 18.1 Å². The predicted molar refractivity (Wildman–Crippen MR) is 81.7 cm³/mol. The normalized spacial score (nSPS) is 20.4. The molecular weight excluding hydrogens is 321 g/mol. The highest BCUT2D eigenvalue weighted by Crippen LogP contribution is 2.31. The van der Waals surface area contributed by atoms with Crippen LogP contribution >= 0.6 is 23.2 Å². The Morgan fingerprint density at radius 1 is 1.45 bits per heavy atom. The van der Waals surface area contributed by atoms with Gasteiger partial charge in [-0.2, -0.15) is 0 Å². The number of likely N-dealkylation sites (tertiary alicyclic amines) is 1. The number of rotatable bonds is 4. The van der Waals surface area contributed by atoms with Crippen LogP contribution in [0.4, 0.5) is 5.69 Å². The highest BCUT2D eigenvalue weighted by Gasteiger charge is 2.25. The zero-order chi connectivity index (χ0) is 14.9. The molecule has 1 atom stereocenters. The van der Waals surface area contributed by atoms with Crippen molar-refractivity contribution in [1.29, 1.82) is 0 Å². The number of sulfonamides is 1. The van der Waals surface area contributed by atoms with E-state index in [0.29, 0.717) is 17.5 Å². The third kappa shape index (κ3) is 3.56. The first kappa shape index (κ1) is 15.9. The fraction of sp³-hybridized carbons (Fsp3) is 0.500. The Morgan fingerprint density at radius 2 is 2.15 bits per heavy atom. The fourth-order valence-electron chi connectivity index (χ4n) is 2.36. The molecule has 0 amide bonds. The van der Waals surface area contributed by atoms with Crippen LogP contribution in [0.5, 0.6) is 0 Å². The average Bonchev–Trinajstić information content (AvgIpc) is 2.71. The quantitative estimate of drug-likeness (QED) is 0.821. The largest absolute Gasteiger partial charge is 0.398 e. The number of nitrogens with one attached hydrogen (secondary N) is 1. The molecule has 1 fully saturated rings. The minimum absolute atomic E-state index is 0.0334. The molecule has 1 unspecified atom stereocenters. The third-order valence-corrected chi connectivity index (χ3v) is 5.52. The van der Waals surface area contributed by atoms with Crippen molar-refractivity contribution in [2.75, 3.05) is 32.4 Å².